The van der Waals surface area contributed by atoms with Crippen LogP contribution < -0.4 is 9.47 Å². The maximum atomic E-state index is 12.9. The zero-order chi connectivity index (χ0) is 34.1. The highest BCUT2D eigenvalue weighted by atomic mass is 32.1. The van der Waals surface area contributed by atoms with Gasteiger partial charge in [-0.2, -0.15) is 0 Å². The van der Waals surface area contributed by atoms with Gasteiger partial charge in [0, 0.05) is 23.3 Å². The number of carbonyl (C=O) groups excluding carboxylic acids is 2. The van der Waals surface area contributed by atoms with Crippen LogP contribution in [0.2, 0.25) is 0 Å². The van der Waals surface area contributed by atoms with Crippen molar-refractivity contribution in [2.24, 2.45) is 0 Å². The van der Waals surface area contributed by atoms with Gasteiger partial charge in [-0.05, 0) is 12.8 Å². The van der Waals surface area contributed by atoms with Crippen LogP contribution in [0.25, 0.3) is 11.1 Å². The molecule has 0 amide bonds. The molecule has 0 aliphatic heterocycles. The minimum absolute atomic E-state index is 0.408. The fourth-order valence-electron chi connectivity index (χ4n) is 6.76. The van der Waals surface area contributed by atoms with E-state index in [0.717, 1.165) is 34.1 Å². The van der Waals surface area contributed by atoms with Crippen molar-refractivity contribution in [3.8, 4) is 21.3 Å². The summed E-state index contributed by atoms with van der Waals surface area (Å²) < 4.78 is 12.1. The van der Waals surface area contributed by atoms with Gasteiger partial charge in [0.15, 0.2) is 10.1 Å². The van der Waals surface area contributed by atoms with Crippen molar-refractivity contribution in [3.63, 3.8) is 0 Å². The van der Waals surface area contributed by atoms with Crippen LogP contribution in [0.15, 0.2) is 12.1 Å². The second-order valence-electron chi connectivity index (χ2n) is 14.2. The Morgan fingerprint density at radius 2 is 0.646 bits per heavy atom. The number of ketones is 2. The van der Waals surface area contributed by atoms with E-state index < -0.39 is 11.6 Å². The van der Waals surface area contributed by atoms with Gasteiger partial charge in [0.2, 0.25) is 11.6 Å². The minimum Gasteiger partial charge on any atom is -0.484 e. The molecular weight excluding hydrogens is 633 g/mol. The van der Waals surface area contributed by atoms with Gasteiger partial charge < -0.3 is 9.47 Å². The summed E-state index contributed by atoms with van der Waals surface area (Å²) in [6.07, 6.45) is 37.3. The Balaban J connectivity index is 1.23. The van der Waals surface area contributed by atoms with Crippen LogP contribution in [-0.2, 0) is 0 Å². The minimum atomic E-state index is -0.408. The first-order valence-corrected chi connectivity index (χ1v) is 21.9. The standard InChI is InChI=1S/C42H68O4S2/c1-3-5-7-9-11-13-15-17-19-21-23-25-27-29-31-45-37-33-35-36-34-38(48-42(36)40(44)39(43)41(35)47-37)46-32-30-28-26-24-22-20-18-16-14-12-10-8-6-4-2/h33-34H,3-32H2,1-2H3. The molecule has 0 atom stereocenters. The molecule has 4 nitrogen and oxygen atoms in total. The lowest BCUT2D eigenvalue weighted by molar-refractivity contribution is 0.0820. The number of ether oxygens (including phenoxy) is 2. The third-order valence-electron chi connectivity index (χ3n) is 9.81. The average molecular weight is 701 g/mol. The Morgan fingerprint density at radius 1 is 0.396 bits per heavy atom. The van der Waals surface area contributed by atoms with Gasteiger partial charge in [-0.25, -0.2) is 0 Å². The van der Waals surface area contributed by atoms with Gasteiger partial charge in [0.05, 0.1) is 23.0 Å². The molecule has 1 aliphatic carbocycles. The zero-order valence-corrected chi connectivity index (χ0v) is 32.5. The van der Waals surface area contributed by atoms with E-state index in [4.69, 9.17) is 9.47 Å². The number of carbonyl (C=O) groups is 2. The SMILES string of the molecule is CCCCCCCCCCCCCCCCOc1cc2c(s1)C(=O)C(=O)c1sc(OCCCCCCCCCCCCCCCC)cc1-2. The quantitative estimate of drug-likeness (QED) is 0.0563. The van der Waals surface area contributed by atoms with Gasteiger partial charge in [0.25, 0.3) is 0 Å². The summed E-state index contributed by atoms with van der Waals surface area (Å²) >= 11 is 2.63. The highest BCUT2D eigenvalue weighted by Gasteiger charge is 2.35. The first-order chi connectivity index (χ1) is 23.7. The zero-order valence-electron chi connectivity index (χ0n) is 30.8. The summed E-state index contributed by atoms with van der Waals surface area (Å²) in [7, 11) is 0. The summed E-state index contributed by atoms with van der Waals surface area (Å²) in [4.78, 5) is 26.8. The number of hydrogen-bond donors (Lipinski definition) is 0. The molecule has 0 N–H and O–H groups in total. The smallest absolute Gasteiger partial charge is 0.245 e. The van der Waals surface area contributed by atoms with Gasteiger partial charge >= 0.3 is 0 Å². The van der Waals surface area contributed by atoms with Crippen LogP contribution in [0.4, 0.5) is 0 Å². The van der Waals surface area contributed by atoms with E-state index >= 15 is 0 Å². The van der Waals surface area contributed by atoms with Crippen LogP contribution in [0.3, 0.4) is 0 Å². The van der Waals surface area contributed by atoms with Crippen molar-refractivity contribution in [2.45, 2.75) is 194 Å². The number of thiophene rings is 2. The molecule has 2 aromatic heterocycles. The predicted molar refractivity (Wildman–Crippen MR) is 208 cm³/mol. The molecule has 48 heavy (non-hydrogen) atoms. The summed E-state index contributed by atoms with van der Waals surface area (Å²) in [5, 5.41) is 1.47. The first-order valence-electron chi connectivity index (χ1n) is 20.3. The topological polar surface area (TPSA) is 52.6 Å². The highest BCUT2D eigenvalue weighted by Crippen LogP contribution is 2.46. The maximum absolute atomic E-state index is 12.9. The molecule has 0 radical (unpaired) electrons. The normalized spacial score (nSPS) is 12.5. The van der Waals surface area contributed by atoms with E-state index in [2.05, 4.69) is 13.8 Å². The Kier molecular flexibility index (Phi) is 22.2. The Bertz CT molecular complexity index is 1040. The van der Waals surface area contributed by atoms with Crippen LogP contribution in [-0.4, -0.2) is 24.8 Å². The van der Waals surface area contributed by atoms with E-state index in [-0.39, 0.29) is 0 Å². The molecule has 2 heterocycles. The molecular formula is C42H68O4S2. The highest BCUT2D eigenvalue weighted by molar-refractivity contribution is 7.20. The van der Waals surface area contributed by atoms with Crippen molar-refractivity contribution < 1.29 is 19.1 Å². The summed E-state index contributed by atoms with van der Waals surface area (Å²) in [5.74, 6) is -0.816. The lowest BCUT2D eigenvalue weighted by Crippen LogP contribution is -2.17. The molecule has 0 aromatic carbocycles. The molecule has 6 heteroatoms. The lowest BCUT2D eigenvalue weighted by Gasteiger charge is -2.08. The van der Waals surface area contributed by atoms with E-state index in [0.29, 0.717) is 23.0 Å². The van der Waals surface area contributed by atoms with E-state index in [1.807, 2.05) is 12.1 Å². The number of rotatable bonds is 32. The number of hydrogen-bond acceptors (Lipinski definition) is 6. The molecule has 0 fully saturated rings. The molecule has 0 unspecified atom stereocenters. The summed E-state index contributed by atoms with van der Waals surface area (Å²) in [6.45, 7) is 5.87. The number of fused-ring (bicyclic) bond motifs is 3. The van der Waals surface area contributed by atoms with Crippen molar-refractivity contribution in [1.82, 2.24) is 0 Å². The van der Waals surface area contributed by atoms with Crippen molar-refractivity contribution in [2.75, 3.05) is 13.2 Å². The molecule has 272 valence electrons. The van der Waals surface area contributed by atoms with E-state index in [9.17, 15) is 9.59 Å². The third-order valence-corrected chi connectivity index (χ3v) is 11.9. The Labute approximate surface area is 302 Å². The fraction of sp³-hybridized carbons (Fsp3) is 0.762. The molecule has 3 rings (SSSR count). The molecule has 1 aliphatic rings. The fourth-order valence-corrected chi connectivity index (χ4v) is 8.73. The van der Waals surface area contributed by atoms with Gasteiger partial charge in [-0.3, -0.25) is 9.59 Å². The van der Waals surface area contributed by atoms with E-state index in [1.54, 1.807) is 0 Å². The Morgan fingerprint density at radius 3 is 0.917 bits per heavy atom. The predicted octanol–water partition coefficient (Wildman–Crippen LogP) is 14.6. The van der Waals surface area contributed by atoms with Crippen LogP contribution in [0, 0.1) is 0 Å². The molecule has 0 saturated heterocycles. The molecule has 0 spiro atoms. The molecule has 0 saturated carbocycles. The number of Topliss-reactive ketones (excluding diaryl/α,β-unsaturated/α-hetero) is 2. The van der Waals surface area contributed by atoms with Crippen molar-refractivity contribution in [3.05, 3.63) is 21.9 Å². The molecule has 0 bridgehead atoms. The number of unbranched alkanes of at least 4 members (excludes halogenated alkanes) is 26. The van der Waals surface area contributed by atoms with Crippen molar-refractivity contribution in [1.29, 1.82) is 0 Å². The van der Waals surface area contributed by atoms with Gasteiger partial charge in [0.1, 0.15) is 0 Å². The van der Waals surface area contributed by atoms with Crippen LogP contribution >= 0.6 is 22.7 Å². The van der Waals surface area contributed by atoms with E-state index in [1.165, 1.54) is 190 Å². The maximum Gasteiger partial charge on any atom is 0.245 e. The second-order valence-corrected chi connectivity index (χ2v) is 16.2. The first kappa shape index (κ1) is 40.8. The third kappa shape index (κ3) is 15.9. The second kappa shape index (κ2) is 26.2. The van der Waals surface area contributed by atoms with Crippen LogP contribution in [0.5, 0.6) is 10.1 Å². The van der Waals surface area contributed by atoms with Gasteiger partial charge in [-0.1, -0.05) is 203 Å². The van der Waals surface area contributed by atoms with Crippen LogP contribution in [0.1, 0.15) is 213 Å². The average Bonchev–Trinajstić information content (AvgIpc) is 3.72. The van der Waals surface area contributed by atoms with Crippen molar-refractivity contribution >= 4 is 34.2 Å². The Hall–Kier alpha value is -1.66. The lowest BCUT2D eigenvalue weighted by atomic mass is 9.96. The summed E-state index contributed by atoms with van der Waals surface area (Å²) in [6, 6.07) is 3.91. The summed E-state index contributed by atoms with van der Waals surface area (Å²) in [5.41, 5.74) is 1.66. The van der Waals surface area contributed by atoms with Gasteiger partial charge in [-0.15, -0.1) is 0 Å². The molecule has 2 aromatic rings. The largest absolute Gasteiger partial charge is 0.484 e. The monoisotopic (exact) mass is 700 g/mol.